The van der Waals surface area contributed by atoms with Crippen molar-refractivity contribution < 1.29 is 22.7 Å². The summed E-state index contributed by atoms with van der Waals surface area (Å²) in [5.74, 6) is -0.0923. The van der Waals surface area contributed by atoms with Gasteiger partial charge in [0.25, 0.3) is 0 Å². The standard InChI is InChI=1S/C22H21F3N4O2/c1-13-18(12-27-14(2)28-13)31-21(15-6-4-3-5-7-15)11-17(21)20(30)29-19-10-16(8-9-26-19)22(23,24)25/h3-6,8-10,12,15,17H,7,11H2,1-2H3,(H,26,29,30)/t15?,17-,21+/m0/s1. The number of nitrogens with one attached hydrogen (secondary N) is 1. The summed E-state index contributed by atoms with van der Waals surface area (Å²) in [4.78, 5) is 25.3. The summed E-state index contributed by atoms with van der Waals surface area (Å²) in [5.41, 5.74) is -1.03. The molecule has 0 radical (unpaired) electrons. The number of rotatable bonds is 5. The fraction of sp³-hybridized carbons (Fsp3) is 0.364. The van der Waals surface area contributed by atoms with Crippen LogP contribution in [0.1, 0.15) is 29.9 Å². The van der Waals surface area contributed by atoms with Crippen LogP contribution in [0.15, 0.2) is 48.8 Å². The minimum Gasteiger partial charge on any atom is -0.482 e. The number of hydrogen-bond donors (Lipinski definition) is 1. The quantitative estimate of drug-likeness (QED) is 0.760. The highest BCUT2D eigenvalue weighted by molar-refractivity contribution is 5.95. The summed E-state index contributed by atoms with van der Waals surface area (Å²) in [6.45, 7) is 3.58. The van der Waals surface area contributed by atoms with E-state index in [1.54, 1.807) is 20.0 Å². The van der Waals surface area contributed by atoms with Crippen molar-refractivity contribution in [2.45, 2.75) is 38.5 Å². The fourth-order valence-electron chi connectivity index (χ4n) is 3.88. The lowest BCUT2D eigenvalue weighted by molar-refractivity contribution is -0.137. The topological polar surface area (TPSA) is 77.0 Å². The third kappa shape index (κ3) is 4.30. The molecule has 2 aromatic heterocycles. The molecule has 31 heavy (non-hydrogen) atoms. The van der Waals surface area contributed by atoms with Crippen molar-refractivity contribution in [1.29, 1.82) is 0 Å². The molecule has 1 fully saturated rings. The van der Waals surface area contributed by atoms with Gasteiger partial charge in [-0.2, -0.15) is 13.2 Å². The molecule has 0 aromatic carbocycles. The zero-order chi connectivity index (χ0) is 22.2. The monoisotopic (exact) mass is 430 g/mol. The molecule has 2 aromatic rings. The van der Waals surface area contributed by atoms with Gasteiger partial charge in [-0.15, -0.1) is 0 Å². The van der Waals surface area contributed by atoms with Crippen LogP contribution in [0.4, 0.5) is 19.0 Å². The number of ether oxygens (including phenoxy) is 1. The van der Waals surface area contributed by atoms with Gasteiger partial charge in [-0.1, -0.05) is 24.3 Å². The minimum atomic E-state index is -4.52. The zero-order valence-corrected chi connectivity index (χ0v) is 17.0. The Labute approximate surface area is 177 Å². The Morgan fingerprint density at radius 3 is 2.74 bits per heavy atom. The molecule has 3 atom stereocenters. The molecule has 1 amide bonds. The van der Waals surface area contributed by atoms with Gasteiger partial charge in [0.1, 0.15) is 17.2 Å². The number of amides is 1. The molecular weight excluding hydrogens is 409 g/mol. The lowest BCUT2D eigenvalue weighted by Crippen LogP contribution is -2.35. The largest absolute Gasteiger partial charge is 0.482 e. The Morgan fingerprint density at radius 2 is 2.06 bits per heavy atom. The number of aryl methyl sites for hydroxylation is 2. The molecule has 2 heterocycles. The maximum Gasteiger partial charge on any atom is 0.416 e. The predicted octanol–water partition coefficient (Wildman–Crippen LogP) is 4.42. The molecule has 9 heteroatoms. The third-order valence-electron chi connectivity index (χ3n) is 5.57. The van der Waals surface area contributed by atoms with E-state index in [1.165, 1.54) is 0 Å². The smallest absolute Gasteiger partial charge is 0.416 e. The van der Waals surface area contributed by atoms with E-state index in [9.17, 15) is 18.0 Å². The average Bonchev–Trinajstić information content (AvgIpc) is 3.46. The van der Waals surface area contributed by atoms with E-state index in [4.69, 9.17) is 4.74 Å². The summed E-state index contributed by atoms with van der Waals surface area (Å²) < 4.78 is 45.2. The fourth-order valence-corrected chi connectivity index (χ4v) is 3.88. The van der Waals surface area contributed by atoms with Gasteiger partial charge in [-0.25, -0.2) is 15.0 Å². The summed E-state index contributed by atoms with van der Waals surface area (Å²) >= 11 is 0. The van der Waals surface area contributed by atoms with Crippen LogP contribution in [0, 0.1) is 25.7 Å². The second kappa shape index (κ2) is 7.79. The SMILES string of the molecule is Cc1ncc(O[C@@]2(C3C=CC=CC3)C[C@H]2C(=O)Nc2cc(C(F)(F)F)ccn2)c(C)n1. The lowest BCUT2D eigenvalue weighted by atomic mass is 9.90. The first-order valence-corrected chi connectivity index (χ1v) is 9.86. The number of carbonyl (C=O) groups is 1. The van der Waals surface area contributed by atoms with Crippen LogP contribution in [0.3, 0.4) is 0 Å². The number of halogens is 3. The Balaban J connectivity index is 1.56. The summed E-state index contributed by atoms with van der Waals surface area (Å²) in [7, 11) is 0. The molecule has 6 nitrogen and oxygen atoms in total. The minimum absolute atomic E-state index is 0.0663. The highest BCUT2D eigenvalue weighted by atomic mass is 19.4. The van der Waals surface area contributed by atoms with E-state index in [2.05, 4.69) is 20.3 Å². The lowest BCUT2D eigenvalue weighted by Gasteiger charge is -2.28. The first kappa shape index (κ1) is 21.0. The predicted molar refractivity (Wildman–Crippen MR) is 107 cm³/mol. The van der Waals surface area contributed by atoms with Gasteiger partial charge < -0.3 is 10.1 Å². The van der Waals surface area contributed by atoms with E-state index >= 15 is 0 Å². The van der Waals surface area contributed by atoms with Crippen molar-refractivity contribution in [2.75, 3.05) is 5.32 Å². The number of alkyl halides is 3. The van der Waals surface area contributed by atoms with E-state index in [0.29, 0.717) is 30.1 Å². The van der Waals surface area contributed by atoms with Gasteiger partial charge >= 0.3 is 6.18 Å². The molecule has 1 N–H and O–H groups in total. The molecule has 4 rings (SSSR count). The van der Waals surface area contributed by atoms with Crippen LogP contribution in [0.5, 0.6) is 5.75 Å². The maximum absolute atomic E-state index is 13.0. The van der Waals surface area contributed by atoms with E-state index < -0.39 is 29.2 Å². The number of nitrogens with zero attached hydrogens (tertiary/aromatic N) is 3. The first-order chi connectivity index (χ1) is 14.7. The Bertz CT molecular complexity index is 1070. The molecule has 0 saturated heterocycles. The normalized spacial score (nSPS) is 24.7. The number of hydrogen-bond acceptors (Lipinski definition) is 5. The van der Waals surface area contributed by atoms with Crippen molar-refractivity contribution >= 4 is 11.7 Å². The van der Waals surface area contributed by atoms with Crippen LogP contribution < -0.4 is 10.1 Å². The molecule has 2 aliphatic carbocycles. The van der Waals surface area contributed by atoms with Gasteiger partial charge in [0.05, 0.1) is 23.4 Å². The molecule has 0 aliphatic heterocycles. The molecule has 0 spiro atoms. The van der Waals surface area contributed by atoms with Crippen molar-refractivity contribution in [1.82, 2.24) is 15.0 Å². The Hall–Kier alpha value is -3.23. The number of allylic oxidation sites excluding steroid dienone is 3. The Kier molecular flexibility index (Phi) is 5.28. The second-order valence-electron chi connectivity index (χ2n) is 7.75. The summed E-state index contributed by atoms with van der Waals surface area (Å²) in [6, 6.07) is 1.68. The van der Waals surface area contributed by atoms with Gasteiger partial charge in [0.15, 0.2) is 5.75 Å². The van der Waals surface area contributed by atoms with E-state index in [0.717, 1.165) is 18.3 Å². The zero-order valence-electron chi connectivity index (χ0n) is 17.0. The van der Waals surface area contributed by atoms with Gasteiger partial charge in [-0.3, -0.25) is 4.79 Å². The molecule has 0 bridgehead atoms. The van der Waals surface area contributed by atoms with E-state index in [-0.39, 0.29) is 11.7 Å². The number of anilines is 1. The van der Waals surface area contributed by atoms with Crippen molar-refractivity contribution in [3.8, 4) is 5.75 Å². The highest BCUT2D eigenvalue weighted by Crippen LogP contribution is 2.55. The maximum atomic E-state index is 13.0. The van der Waals surface area contributed by atoms with Crippen molar-refractivity contribution in [3.63, 3.8) is 0 Å². The van der Waals surface area contributed by atoms with Crippen LogP contribution in [-0.4, -0.2) is 26.5 Å². The van der Waals surface area contributed by atoms with Gasteiger partial charge in [0, 0.05) is 18.5 Å². The molecule has 2 aliphatic rings. The Morgan fingerprint density at radius 1 is 1.26 bits per heavy atom. The molecule has 1 saturated carbocycles. The van der Waals surface area contributed by atoms with Crippen LogP contribution in [0.25, 0.3) is 0 Å². The average molecular weight is 430 g/mol. The van der Waals surface area contributed by atoms with Gasteiger partial charge in [-0.05, 0) is 32.4 Å². The number of carbonyl (C=O) groups excluding carboxylic acids is 1. The molecule has 1 unspecified atom stereocenters. The van der Waals surface area contributed by atoms with Crippen LogP contribution >= 0.6 is 0 Å². The third-order valence-corrected chi connectivity index (χ3v) is 5.57. The molecular formula is C22H21F3N4O2. The summed E-state index contributed by atoms with van der Waals surface area (Å²) in [5, 5.41) is 2.52. The van der Waals surface area contributed by atoms with Crippen LogP contribution in [-0.2, 0) is 11.0 Å². The first-order valence-electron chi connectivity index (χ1n) is 9.86. The number of pyridine rings is 1. The molecule has 162 valence electrons. The number of aromatic nitrogens is 3. The van der Waals surface area contributed by atoms with Crippen molar-refractivity contribution in [3.05, 3.63) is 65.9 Å². The van der Waals surface area contributed by atoms with Crippen LogP contribution in [0.2, 0.25) is 0 Å². The van der Waals surface area contributed by atoms with Gasteiger partial charge in [0.2, 0.25) is 5.91 Å². The highest BCUT2D eigenvalue weighted by Gasteiger charge is 2.64. The van der Waals surface area contributed by atoms with Crippen molar-refractivity contribution in [2.24, 2.45) is 11.8 Å². The second-order valence-corrected chi connectivity index (χ2v) is 7.75. The summed E-state index contributed by atoms with van der Waals surface area (Å²) in [6.07, 6.45) is 7.02. The van der Waals surface area contributed by atoms with E-state index in [1.807, 2.05) is 24.3 Å².